The summed E-state index contributed by atoms with van der Waals surface area (Å²) in [5.74, 6) is 6.90. The highest BCUT2D eigenvalue weighted by Crippen LogP contribution is 2.35. The van der Waals surface area contributed by atoms with Crippen LogP contribution in [-0.2, 0) is 19.7 Å². The van der Waals surface area contributed by atoms with E-state index in [0.717, 1.165) is 30.7 Å². The zero-order valence-corrected chi connectivity index (χ0v) is 18.5. The number of sulfonamides is 1. The predicted octanol–water partition coefficient (Wildman–Crippen LogP) is 1.50. The van der Waals surface area contributed by atoms with E-state index in [1.54, 1.807) is 0 Å². The van der Waals surface area contributed by atoms with Crippen LogP contribution in [0.25, 0.3) is 0 Å². The molecule has 0 radical (unpaired) electrons. The van der Waals surface area contributed by atoms with Crippen molar-refractivity contribution in [1.82, 2.24) is 9.79 Å². The molecule has 1 saturated heterocycles. The summed E-state index contributed by atoms with van der Waals surface area (Å²) in [5, 5.41) is 0. The van der Waals surface area contributed by atoms with Gasteiger partial charge in [-0.1, -0.05) is 25.7 Å². The molecule has 0 aliphatic carbocycles. The van der Waals surface area contributed by atoms with Gasteiger partial charge in [0.25, 0.3) is 0 Å². The lowest BCUT2D eigenvalue weighted by molar-refractivity contribution is -0.122. The SMILES string of the molecule is CCCCCC#CC(CS(=O)(=O)N1CCN(c2ccc3c(c2)OCO3)CC1)ONC=O. The van der Waals surface area contributed by atoms with E-state index < -0.39 is 16.1 Å². The van der Waals surface area contributed by atoms with Crippen LogP contribution < -0.4 is 19.9 Å². The van der Waals surface area contributed by atoms with Crippen LogP contribution in [0.4, 0.5) is 5.69 Å². The van der Waals surface area contributed by atoms with Crippen LogP contribution in [0.5, 0.6) is 11.5 Å². The topological polar surface area (TPSA) is 97.4 Å². The molecule has 1 unspecified atom stereocenters. The number of hydrogen-bond acceptors (Lipinski definition) is 7. The molecule has 2 heterocycles. The standard InChI is InChI=1S/C21H29N3O6S/c1-2-3-4-5-6-7-19(30-22-16-25)15-31(26,27)24-12-10-23(11-13-24)18-8-9-20-21(14-18)29-17-28-20/h8-9,14,16,19H,2-5,10-13,15,17H2,1H3,(H,22,25). The maximum absolute atomic E-state index is 12.9. The zero-order valence-electron chi connectivity index (χ0n) is 17.7. The smallest absolute Gasteiger partial charge is 0.231 e. The predicted molar refractivity (Wildman–Crippen MR) is 116 cm³/mol. The van der Waals surface area contributed by atoms with Crippen molar-refractivity contribution >= 4 is 22.1 Å². The van der Waals surface area contributed by atoms with Gasteiger partial charge in [0.2, 0.25) is 23.2 Å². The maximum atomic E-state index is 12.9. The average molecular weight is 452 g/mol. The highest BCUT2D eigenvalue weighted by atomic mass is 32.2. The quantitative estimate of drug-likeness (QED) is 0.249. The largest absolute Gasteiger partial charge is 0.454 e. The Hall–Kier alpha value is -2.48. The van der Waals surface area contributed by atoms with Crippen LogP contribution in [0.2, 0.25) is 0 Å². The molecule has 1 aromatic rings. The van der Waals surface area contributed by atoms with E-state index in [1.807, 2.05) is 18.2 Å². The second kappa shape index (κ2) is 11.2. The Morgan fingerprint density at radius 1 is 1.19 bits per heavy atom. The summed E-state index contributed by atoms with van der Waals surface area (Å²) in [6.45, 7) is 4.14. The second-order valence-corrected chi connectivity index (χ2v) is 9.34. The van der Waals surface area contributed by atoms with E-state index in [9.17, 15) is 13.2 Å². The van der Waals surface area contributed by atoms with Crippen LogP contribution in [0.15, 0.2) is 18.2 Å². The number of anilines is 1. The van der Waals surface area contributed by atoms with Gasteiger partial charge < -0.3 is 14.4 Å². The van der Waals surface area contributed by atoms with Crippen LogP contribution in [0.1, 0.15) is 32.6 Å². The minimum absolute atomic E-state index is 0.217. The molecule has 0 spiro atoms. The first-order valence-electron chi connectivity index (χ1n) is 10.5. The number of fused-ring (bicyclic) bond motifs is 1. The number of carbonyl (C=O) groups excluding carboxylic acids is 1. The van der Waals surface area contributed by atoms with Gasteiger partial charge in [0.15, 0.2) is 17.6 Å². The van der Waals surface area contributed by atoms with Crippen molar-refractivity contribution < 1.29 is 27.5 Å². The molecule has 9 nitrogen and oxygen atoms in total. The highest BCUT2D eigenvalue weighted by molar-refractivity contribution is 7.89. The highest BCUT2D eigenvalue weighted by Gasteiger charge is 2.30. The Bertz CT molecular complexity index is 903. The van der Waals surface area contributed by atoms with Gasteiger partial charge in [-0.15, -0.1) is 5.92 Å². The Morgan fingerprint density at radius 3 is 2.71 bits per heavy atom. The zero-order chi connectivity index (χ0) is 22.1. The Labute approximate surface area is 183 Å². The molecule has 1 fully saturated rings. The van der Waals surface area contributed by atoms with Crippen molar-refractivity contribution in [3.8, 4) is 23.3 Å². The fraction of sp³-hybridized carbons (Fsp3) is 0.571. The monoisotopic (exact) mass is 451 g/mol. The van der Waals surface area contributed by atoms with Crippen molar-refractivity contribution in [3.05, 3.63) is 18.2 Å². The van der Waals surface area contributed by atoms with Crippen molar-refractivity contribution in [2.24, 2.45) is 0 Å². The molecule has 2 aliphatic heterocycles. The molecule has 1 aromatic carbocycles. The number of benzene rings is 1. The molecule has 170 valence electrons. The third-order valence-corrected chi connectivity index (χ3v) is 7.02. The van der Waals surface area contributed by atoms with Gasteiger partial charge in [-0.25, -0.2) is 13.9 Å². The molecule has 1 atom stereocenters. The van der Waals surface area contributed by atoms with Gasteiger partial charge >= 0.3 is 0 Å². The van der Waals surface area contributed by atoms with Crippen LogP contribution >= 0.6 is 0 Å². The lowest BCUT2D eigenvalue weighted by atomic mass is 10.2. The van der Waals surface area contributed by atoms with E-state index in [4.69, 9.17) is 14.3 Å². The summed E-state index contributed by atoms with van der Waals surface area (Å²) in [6, 6.07) is 5.72. The molecule has 0 saturated carbocycles. The third kappa shape index (κ3) is 6.50. The molecule has 1 N–H and O–H groups in total. The number of nitrogens with one attached hydrogen (secondary N) is 1. The normalized spacial score (nSPS) is 17.0. The van der Waals surface area contributed by atoms with E-state index in [0.29, 0.717) is 44.8 Å². The van der Waals surface area contributed by atoms with Gasteiger partial charge in [0.1, 0.15) is 5.75 Å². The van der Waals surface area contributed by atoms with Gasteiger partial charge in [0.05, 0.1) is 0 Å². The van der Waals surface area contributed by atoms with E-state index in [-0.39, 0.29) is 12.5 Å². The minimum Gasteiger partial charge on any atom is -0.454 e. The van der Waals surface area contributed by atoms with E-state index in [2.05, 4.69) is 29.1 Å². The van der Waals surface area contributed by atoms with Gasteiger partial charge in [-0.2, -0.15) is 4.31 Å². The summed E-state index contributed by atoms with van der Waals surface area (Å²) in [4.78, 5) is 17.8. The van der Waals surface area contributed by atoms with Crippen molar-refractivity contribution in [1.29, 1.82) is 0 Å². The van der Waals surface area contributed by atoms with Crippen LogP contribution in [0, 0.1) is 11.8 Å². The summed E-state index contributed by atoms with van der Waals surface area (Å²) in [7, 11) is -3.60. The first-order valence-corrected chi connectivity index (χ1v) is 12.1. The van der Waals surface area contributed by atoms with Gasteiger partial charge in [-0.3, -0.25) is 9.63 Å². The summed E-state index contributed by atoms with van der Waals surface area (Å²) in [6.07, 6.45) is 3.22. The second-order valence-electron chi connectivity index (χ2n) is 7.32. The third-order valence-electron chi connectivity index (χ3n) is 5.14. The van der Waals surface area contributed by atoms with Gasteiger partial charge in [0, 0.05) is 44.4 Å². The van der Waals surface area contributed by atoms with E-state index in [1.165, 1.54) is 4.31 Å². The summed E-state index contributed by atoms with van der Waals surface area (Å²) in [5.41, 5.74) is 3.05. The lowest BCUT2D eigenvalue weighted by Gasteiger charge is -2.35. The number of hydrogen-bond donors (Lipinski definition) is 1. The maximum Gasteiger partial charge on any atom is 0.231 e. The first-order chi connectivity index (χ1) is 15.0. The van der Waals surface area contributed by atoms with E-state index >= 15 is 0 Å². The number of unbranched alkanes of at least 4 members (excludes halogenated alkanes) is 3. The first kappa shape index (κ1) is 23.2. The number of piperazine rings is 1. The van der Waals surface area contributed by atoms with Crippen molar-refractivity contribution in [2.45, 2.75) is 38.7 Å². The molecule has 0 bridgehead atoms. The summed E-state index contributed by atoms with van der Waals surface area (Å²) >= 11 is 0. The molecule has 3 rings (SSSR count). The number of ether oxygens (including phenoxy) is 2. The molecule has 2 aliphatic rings. The van der Waals surface area contributed by atoms with Crippen LogP contribution in [0.3, 0.4) is 0 Å². The molecule has 31 heavy (non-hydrogen) atoms. The molecule has 10 heteroatoms. The van der Waals surface area contributed by atoms with Gasteiger partial charge in [-0.05, 0) is 18.6 Å². The minimum atomic E-state index is -3.60. The van der Waals surface area contributed by atoms with Crippen molar-refractivity contribution in [2.75, 3.05) is 43.6 Å². The number of amides is 1. The number of carbonyl (C=O) groups is 1. The molecule has 1 amide bonds. The Balaban J connectivity index is 1.56. The molecular formula is C21H29N3O6S. The fourth-order valence-corrected chi connectivity index (χ4v) is 4.93. The number of rotatable bonds is 10. The van der Waals surface area contributed by atoms with Crippen molar-refractivity contribution in [3.63, 3.8) is 0 Å². The Morgan fingerprint density at radius 2 is 1.97 bits per heavy atom. The van der Waals surface area contributed by atoms with Crippen LogP contribution in [-0.4, -0.2) is 64.0 Å². The number of nitrogens with zero attached hydrogens (tertiary/aromatic N) is 2. The summed E-state index contributed by atoms with van der Waals surface area (Å²) < 4.78 is 38.0. The fourth-order valence-electron chi connectivity index (χ4n) is 3.47. The molecule has 0 aromatic heterocycles. The Kier molecular flexibility index (Phi) is 8.40. The molecular weight excluding hydrogens is 422 g/mol. The average Bonchev–Trinajstić information content (AvgIpc) is 3.25. The number of hydroxylamine groups is 1. The lowest BCUT2D eigenvalue weighted by Crippen LogP contribution is -2.50.